The third kappa shape index (κ3) is 5.04. The van der Waals surface area contributed by atoms with Crippen LogP contribution in [0.5, 0.6) is 0 Å². The number of aliphatic carboxylic acids is 1. The Morgan fingerprint density at radius 1 is 1.11 bits per heavy atom. The molecule has 3 aromatic rings. The summed E-state index contributed by atoms with van der Waals surface area (Å²) in [5.74, 6) is -1.58. The molecule has 7 nitrogen and oxygen atoms in total. The highest BCUT2D eigenvalue weighted by atomic mass is 32.2. The molecule has 0 atom stereocenters. The van der Waals surface area contributed by atoms with Gasteiger partial charge in [0.2, 0.25) is 11.8 Å². The van der Waals surface area contributed by atoms with Gasteiger partial charge in [-0.3, -0.25) is 4.79 Å². The van der Waals surface area contributed by atoms with Gasteiger partial charge in [-0.15, -0.1) is 10.2 Å². The SMILES string of the molecule is CC(=O)Nc1ccc(/C=C(/Sc2nnc(-c3ccc(F)cc3)o2)C(=O)O)cc1. The van der Waals surface area contributed by atoms with Gasteiger partial charge in [-0.1, -0.05) is 12.1 Å². The van der Waals surface area contributed by atoms with Crippen molar-refractivity contribution in [3.05, 3.63) is 64.8 Å². The molecule has 0 aliphatic carbocycles. The standard InChI is InChI=1S/C19H14FN3O4S/c1-11(24)21-15-8-2-12(3-9-15)10-16(18(25)26)28-19-23-22-17(27-19)13-4-6-14(20)7-5-13/h2-10H,1H3,(H,21,24)(H,25,26)/b16-10+. The molecule has 0 spiro atoms. The summed E-state index contributed by atoms with van der Waals surface area (Å²) >= 11 is 0.803. The van der Waals surface area contributed by atoms with Crippen LogP contribution in [0.15, 0.2) is 63.1 Å². The number of carbonyl (C=O) groups is 2. The van der Waals surface area contributed by atoms with E-state index >= 15 is 0 Å². The maximum Gasteiger partial charge on any atom is 0.342 e. The molecule has 1 aromatic heterocycles. The molecule has 0 aliphatic heterocycles. The van der Waals surface area contributed by atoms with Crippen LogP contribution in [0.3, 0.4) is 0 Å². The van der Waals surface area contributed by atoms with E-state index in [-0.39, 0.29) is 21.9 Å². The van der Waals surface area contributed by atoms with Gasteiger partial charge in [-0.25, -0.2) is 9.18 Å². The van der Waals surface area contributed by atoms with Gasteiger partial charge in [0.15, 0.2) is 0 Å². The second-order valence-corrected chi connectivity index (χ2v) is 6.59. The van der Waals surface area contributed by atoms with E-state index in [1.807, 2.05) is 0 Å². The average molecular weight is 399 g/mol. The number of carboxylic acid groups (broad SMARTS) is 1. The first kappa shape index (κ1) is 19.3. The molecule has 0 saturated carbocycles. The molecule has 1 amide bonds. The van der Waals surface area contributed by atoms with Crippen LogP contribution >= 0.6 is 11.8 Å². The molecule has 142 valence electrons. The molecule has 0 unspecified atom stereocenters. The van der Waals surface area contributed by atoms with Crippen LogP contribution in [0.4, 0.5) is 10.1 Å². The molecule has 2 aromatic carbocycles. The van der Waals surface area contributed by atoms with Gasteiger partial charge in [0.05, 0.1) is 0 Å². The third-order valence-corrected chi connectivity index (χ3v) is 4.29. The van der Waals surface area contributed by atoms with E-state index in [0.717, 1.165) is 11.8 Å². The quantitative estimate of drug-likeness (QED) is 0.476. The van der Waals surface area contributed by atoms with Gasteiger partial charge in [-0.05, 0) is 59.8 Å². The average Bonchev–Trinajstić information content (AvgIpc) is 3.11. The van der Waals surface area contributed by atoms with Gasteiger partial charge < -0.3 is 14.8 Å². The number of benzene rings is 2. The number of hydrogen-bond donors (Lipinski definition) is 2. The topological polar surface area (TPSA) is 105 Å². The van der Waals surface area contributed by atoms with E-state index in [0.29, 0.717) is 16.8 Å². The molecule has 9 heteroatoms. The van der Waals surface area contributed by atoms with E-state index in [4.69, 9.17) is 4.42 Å². The smallest absolute Gasteiger partial charge is 0.342 e. The predicted molar refractivity (Wildman–Crippen MR) is 102 cm³/mol. The Morgan fingerprint density at radius 2 is 1.79 bits per heavy atom. The van der Waals surface area contributed by atoms with Gasteiger partial charge in [0.25, 0.3) is 5.22 Å². The number of hydrogen-bond acceptors (Lipinski definition) is 6. The van der Waals surface area contributed by atoms with Crippen LogP contribution in [0.1, 0.15) is 12.5 Å². The largest absolute Gasteiger partial charge is 0.477 e. The van der Waals surface area contributed by atoms with Crippen molar-refractivity contribution in [3.63, 3.8) is 0 Å². The van der Waals surface area contributed by atoms with Crippen LogP contribution in [0.25, 0.3) is 17.5 Å². The summed E-state index contributed by atoms with van der Waals surface area (Å²) in [5, 5.41) is 19.8. The molecular weight excluding hydrogens is 385 g/mol. The van der Waals surface area contributed by atoms with Crippen molar-refractivity contribution in [2.45, 2.75) is 12.1 Å². The molecule has 0 bridgehead atoms. The van der Waals surface area contributed by atoms with Crippen LogP contribution in [0.2, 0.25) is 0 Å². The van der Waals surface area contributed by atoms with Crippen molar-refractivity contribution >= 4 is 35.4 Å². The summed E-state index contributed by atoms with van der Waals surface area (Å²) in [6.07, 6.45) is 1.45. The van der Waals surface area contributed by atoms with Crippen LogP contribution in [-0.4, -0.2) is 27.2 Å². The molecule has 0 radical (unpaired) electrons. The number of thioether (sulfide) groups is 1. The van der Waals surface area contributed by atoms with Crippen molar-refractivity contribution < 1.29 is 23.5 Å². The predicted octanol–water partition coefficient (Wildman–Crippen LogP) is 4.05. The van der Waals surface area contributed by atoms with Gasteiger partial charge in [0, 0.05) is 18.2 Å². The van der Waals surface area contributed by atoms with E-state index in [9.17, 15) is 19.1 Å². The molecule has 28 heavy (non-hydrogen) atoms. The van der Waals surface area contributed by atoms with Gasteiger partial charge in [-0.2, -0.15) is 0 Å². The first-order chi connectivity index (χ1) is 13.4. The minimum atomic E-state index is -1.16. The summed E-state index contributed by atoms with van der Waals surface area (Å²) in [7, 11) is 0. The highest BCUT2D eigenvalue weighted by molar-refractivity contribution is 8.03. The molecular formula is C19H14FN3O4S. The second-order valence-electron chi connectivity index (χ2n) is 5.60. The summed E-state index contributed by atoms with van der Waals surface area (Å²) in [4.78, 5) is 22.6. The number of amides is 1. The first-order valence-electron chi connectivity index (χ1n) is 8.00. The number of carbonyl (C=O) groups excluding carboxylic acids is 1. The number of nitrogens with zero attached hydrogens (tertiary/aromatic N) is 2. The van der Waals surface area contributed by atoms with Crippen LogP contribution in [-0.2, 0) is 9.59 Å². The second kappa shape index (κ2) is 8.49. The van der Waals surface area contributed by atoms with Gasteiger partial charge >= 0.3 is 5.97 Å². The fourth-order valence-electron chi connectivity index (χ4n) is 2.21. The zero-order valence-corrected chi connectivity index (χ0v) is 15.4. The number of aromatic nitrogens is 2. The Bertz CT molecular complexity index is 1030. The van der Waals surface area contributed by atoms with Crippen LogP contribution < -0.4 is 5.32 Å². The maximum atomic E-state index is 13.0. The minimum Gasteiger partial charge on any atom is -0.477 e. The van der Waals surface area contributed by atoms with Crippen molar-refractivity contribution in [1.82, 2.24) is 10.2 Å². The third-order valence-electron chi connectivity index (χ3n) is 3.43. The summed E-state index contributed by atoms with van der Waals surface area (Å²) in [6, 6.07) is 12.2. The Hall–Kier alpha value is -3.46. The highest BCUT2D eigenvalue weighted by Gasteiger charge is 2.16. The van der Waals surface area contributed by atoms with Crippen molar-refractivity contribution in [3.8, 4) is 11.5 Å². The number of nitrogens with one attached hydrogen (secondary N) is 1. The van der Waals surface area contributed by atoms with E-state index in [1.54, 1.807) is 24.3 Å². The zero-order chi connectivity index (χ0) is 20.1. The Labute approximate surface area is 163 Å². The van der Waals surface area contributed by atoms with Crippen molar-refractivity contribution in [1.29, 1.82) is 0 Å². The first-order valence-corrected chi connectivity index (χ1v) is 8.82. The number of halogens is 1. The molecule has 1 heterocycles. The molecule has 2 N–H and O–H groups in total. The molecule has 0 fully saturated rings. The lowest BCUT2D eigenvalue weighted by Gasteiger charge is -2.03. The summed E-state index contributed by atoms with van der Waals surface area (Å²) < 4.78 is 18.5. The highest BCUT2D eigenvalue weighted by Crippen LogP contribution is 2.30. The number of rotatable bonds is 6. The lowest BCUT2D eigenvalue weighted by molar-refractivity contribution is -0.131. The summed E-state index contributed by atoms with van der Waals surface area (Å²) in [6.45, 7) is 1.40. The Kier molecular flexibility index (Phi) is 5.85. The van der Waals surface area contributed by atoms with Crippen LogP contribution in [0, 0.1) is 5.82 Å². The fraction of sp³-hybridized carbons (Fsp3) is 0.0526. The van der Waals surface area contributed by atoms with Gasteiger partial charge in [0.1, 0.15) is 10.7 Å². The molecule has 0 saturated heterocycles. The number of carboxylic acids is 1. The summed E-state index contributed by atoms with van der Waals surface area (Å²) in [5.41, 5.74) is 1.75. The fourth-order valence-corrected chi connectivity index (χ4v) is 2.88. The Morgan fingerprint density at radius 3 is 2.39 bits per heavy atom. The molecule has 0 aliphatic rings. The van der Waals surface area contributed by atoms with Crippen molar-refractivity contribution in [2.75, 3.05) is 5.32 Å². The van der Waals surface area contributed by atoms with Crippen molar-refractivity contribution in [2.24, 2.45) is 0 Å². The van der Waals surface area contributed by atoms with E-state index in [2.05, 4.69) is 15.5 Å². The minimum absolute atomic E-state index is 0.0263. The van der Waals surface area contributed by atoms with E-state index in [1.165, 1.54) is 37.3 Å². The molecule has 3 rings (SSSR count). The zero-order valence-electron chi connectivity index (χ0n) is 14.5. The monoisotopic (exact) mass is 399 g/mol. The maximum absolute atomic E-state index is 13.0. The number of anilines is 1. The lowest BCUT2D eigenvalue weighted by atomic mass is 10.2. The van der Waals surface area contributed by atoms with E-state index < -0.39 is 11.8 Å². The normalized spacial score (nSPS) is 11.3. The Balaban J connectivity index is 1.78. The lowest BCUT2D eigenvalue weighted by Crippen LogP contribution is -2.05.